The maximum atomic E-state index is 4.84. The second kappa shape index (κ2) is 14.1. The zero-order valence-corrected chi connectivity index (χ0v) is 10.0. The van der Waals surface area contributed by atoms with Crippen molar-refractivity contribution >= 4 is 12.0 Å². The van der Waals surface area contributed by atoms with E-state index in [1.54, 1.807) is 7.11 Å². The maximum Gasteiger partial charge on any atom is 0.0508 e. The van der Waals surface area contributed by atoms with Crippen LogP contribution in [0.5, 0.6) is 0 Å². The van der Waals surface area contributed by atoms with Gasteiger partial charge in [0.1, 0.15) is 0 Å². The van der Waals surface area contributed by atoms with Crippen molar-refractivity contribution < 1.29 is 4.18 Å². The lowest BCUT2D eigenvalue weighted by Gasteiger charge is -1.93. The summed E-state index contributed by atoms with van der Waals surface area (Å²) < 4.78 is 4.84. The van der Waals surface area contributed by atoms with Crippen molar-refractivity contribution in [3.8, 4) is 0 Å². The third-order valence-electron chi connectivity index (χ3n) is 0.923. The zero-order valence-electron chi connectivity index (χ0n) is 9.20. The van der Waals surface area contributed by atoms with Gasteiger partial charge in [-0.2, -0.15) is 0 Å². The molecule has 0 saturated heterocycles. The fraction of sp³-hybridized carbons (Fsp3) is 0.455. The molecule has 0 spiro atoms. The Morgan fingerprint density at radius 1 is 0.923 bits per heavy atom. The molecule has 0 aliphatic heterocycles. The van der Waals surface area contributed by atoms with Crippen LogP contribution in [0.1, 0.15) is 27.7 Å². The molecule has 1 aromatic carbocycles. The van der Waals surface area contributed by atoms with Gasteiger partial charge in [0.2, 0.25) is 0 Å². The first-order valence-electron chi connectivity index (χ1n) is 4.69. The van der Waals surface area contributed by atoms with Gasteiger partial charge in [0.05, 0.1) is 7.11 Å². The van der Waals surface area contributed by atoms with Crippen LogP contribution in [0.2, 0.25) is 0 Å². The lowest BCUT2D eigenvalue weighted by molar-refractivity contribution is 0.490. The van der Waals surface area contributed by atoms with Crippen LogP contribution in [0.3, 0.4) is 0 Å². The van der Waals surface area contributed by atoms with Crippen molar-refractivity contribution in [2.24, 2.45) is 0 Å². The average molecular weight is 200 g/mol. The van der Waals surface area contributed by atoms with E-state index >= 15 is 0 Å². The largest absolute Gasteiger partial charge is 0.314 e. The van der Waals surface area contributed by atoms with Gasteiger partial charge in [-0.1, -0.05) is 45.9 Å². The molecule has 0 aliphatic rings. The minimum Gasteiger partial charge on any atom is -0.314 e. The fourth-order valence-corrected chi connectivity index (χ4v) is 1.03. The van der Waals surface area contributed by atoms with Gasteiger partial charge < -0.3 is 4.18 Å². The maximum absolute atomic E-state index is 4.84. The molecule has 0 radical (unpaired) electrons. The minimum atomic E-state index is 1.14. The minimum absolute atomic E-state index is 1.14. The third-order valence-corrected chi connectivity index (χ3v) is 1.55. The molecular weight excluding hydrogens is 180 g/mol. The molecule has 1 nitrogen and oxygen atoms in total. The molecule has 0 aromatic heterocycles. The molecule has 1 rings (SSSR count). The number of hydrogen-bond donors (Lipinski definition) is 0. The summed E-state index contributed by atoms with van der Waals surface area (Å²) in [7, 11) is 1.66. The summed E-state index contributed by atoms with van der Waals surface area (Å²) in [6.07, 6.45) is 0. The van der Waals surface area contributed by atoms with Gasteiger partial charge in [-0.3, -0.25) is 0 Å². The topological polar surface area (TPSA) is 9.23 Å². The summed E-state index contributed by atoms with van der Waals surface area (Å²) in [5.41, 5.74) is 0. The van der Waals surface area contributed by atoms with E-state index in [2.05, 4.69) is 0 Å². The summed E-state index contributed by atoms with van der Waals surface area (Å²) in [6, 6.07) is 9.98. The van der Waals surface area contributed by atoms with E-state index in [0.29, 0.717) is 0 Å². The highest BCUT2D eigenvalue weighted by Gasteiger charge is 1.86. The van der Waals surface area contributed by atoms with Gasteiger partial charge >= 0.3 is 0 Å². The first-order chi connectivity index (χ1) is 6.43. The van der Waals surface area contributed by atoms with Crippen molar-refractivity contribution in [1.29, 1.82) is 0 Å². The van der Waals surface area contributed by atoms with Crippen LogP contribution < -0.4 is 0 Å². The lowest BCUT2D eigenvalue weighted by atomic mass is 10.4. The van der Waals surface area contributed by atoms with Crippen molar-refractivity contribution in [1.82, 2.24) is 0 Å². The molecule has 0 heterocycles. The molecule has 2 heteroatoms. The van der Waals surface area contributed by atoms with E-state index in [1.165, 1.54) is 12.0 Å². The fourth-order valence-electron chi connectivity index (χ4n) is 0.572. The van der Waals surface area contributed by atoms with Gasteiger partial charge in [0.15, 0.2) is 0 Å². The van der Waals surface area contributed by atoms with Crippen LogP contribution in [0, 0.1) is 0 Å². The van der Waals surface area contributed by atoms with Gasteiger partial charge in [-0.05, 0) is 12.1 Å². The van der Waals surface area contributed by atoms with Gasteiger partial charge in [0, 0.05) is 16.9 Å². The van der Waals surface area contributed by atoms with Crippen LogP contribution >= 0.6 is 12.0 Å². The number of benzene rings is 1. The van der Waals surface area contributed by atoms with Crippen molar-refractivity contribution in [2.75, 3.05) is 7.11 Å². The van der Waals surface area contributed by atoms with Gasteiger partial charge in [-0.25, -0.2) is 0 Å². The predicted octanol–water partition coefficient (Wildman–Crippen LogP) is 4.39. The quantitative estimate of drug-likeness (QED) is 0.655. The zero-order chi connectivity index (χ0) is 10.5. The molecule has 0 N–H and O–H groups in total. The van der Waals surface area contributed by atoms with Crippen molar-refractivity contribution in [3.63, 3.8) is 0 Å². The van der Waals surface area contributed by atoms with E-state index in [-0.39, 0.29) is 0 Å². The Bertz CT molecular complexity index is 163. The SMILES string of the molecule is CC.CC.COSc1ccccc1. The van der Waals surface area contributed by atoms with Crippen molar-refractivity contribution in [2.45, 2.75) is 32.6 Å². The molecule has 0 unspecified atom stereocenters. The van der Waals surface area contributed by atoms with Gasteiger partial charge in [0.25, 0.3) is 0 Å². The normalized spacial score (nSPS) is 7.46. The standard InChI is InChI=1S/C7H8OS.2C2H6/c1-8-9-7-5-3-2-4-6-7;2*1-2/h2-6H,1H3;2*1-2H3. The summed E-state index contributed by atoms with van der Waals surface area (Å²) >= 11 is 1.38. The third kappa shape index (κ3) is 9.44. The monoisotopic (exact) mass is 200 g/mol. The number of hydrogen-bond acceptors (Lipinski definition) is 2. The van der Waals surface area contributed by atoms with E-state index in [1.807, 2.05) is 58.0 Å². The predicted molar refractivity (Wildman–Crippen MR) is 62.0 cm³/mol. The second-order valence-electron chi connectivity index (χ2n) is 1.56. The highest BCUT2D eigenvalue weighted by atomic mass is 32.2. The summed E-state index contributed by atoms with van der Waals surface area (Å²) in [5, 5.41) is 0. The number of rotatable bonds is 2. The summed E-state index contributed by atoms with van der Waals surface area (Å²) in [4.78, 5) is 1.14. The van der Waals surface area contributed by atoms with Crippen LogP contribution in [0.25, 0.3) is 0 Å². The van der Waals surface area contributed by atoms with E-state index in [4.69, 9.17) is 4.18 Å². The Hall–Kier alpha value is -0.470. The first-order valence-corrected chi connectivity index (χ1v) is 5.43. The molecule has 76 valence electrons. The smallest absolute Gasteiger partial charge is 0.0508 e. The van der Waals surface area contributed by atoms with Crippen LogP contribution in [0.15, 0.2) is 35.2 Å². The molecule has 0 atom stereocenters. The molecular formula is C11H20OS. The van der Waals surface area contributed by atoms with E-state index < -0.39 is 0 Å². The second-order valence-corrected chi connectivity index (χ2v) is 2.53. The van der Waals surface area contributed by atoms with Crippen LogP contribution in [-0.2, 0) is 4.18 Å². The lowest BCUT2D eigenvalue weighted by Crippen LogP contribution is -1.68. The summed E-state index contributed by atoms with van der Waals surface area (Å²) in [5.74, 6) is 0. The highest BCUT2D eigenvalue weighted by molar-refractivity contribution is 7.94. The Labute approximate surface area is 86.7 Å². The average Bonchev–Trinajstić information content (AvgIpc) is 2.26. The molecule has 1 aromatic rings. The Morgan fingerprint density at radius 2 is 1.38 bits per heavy atom. The molecule has 0 aliphatic carbocycles. The first kappa shape index (κ1) is 15.0. The molecule has 0 saturated carbocycles. The van der Waals surface area contributed by atoms with E-state index in [0.717, 1.165) is 4.90 Å². The Morgan fingerprint density at radius 3 is 1.77 bits per heavy atom. The molecule has 0 amide bonds. The molecule has 13 heavy (non-hydrogen) atoms. The Balaban J connectivity index is 0. The van der Waals surface area contributed by atoms with Gasteiger partial charge in [-0.15, -0.1) is 0 Å². The van der Waals surface area contributed by atoms with Crippen LogP contribution in [0.4, 0.5) is 0 Å². The highest BCUT2D eigenvalue weighted by Crippen LogP contribution is 2.15. The van der Waals surface area contributed by atoms with Crippen LogP contribution in [-0.4, -0.2) is 7.11 Å². The molecule has 0 fully saturated rings. The Kier molecular flexibility index (Phi) is 16.3. The van der Waals surface area contributed by atoms with Crippen molar-refractivity contribution in [3.05, 3.63) is 30.3 Å². The summed E-state index contributed by atoms with van der Waals surface area (Å²) in [6.45, 7) is 8.00. The van der Waals surface area contributed by atoms with E-state index in [9.17, 15) is 0 Å². The molecule has 0 bridgehead atoms.